The van der Waals surface area contributed by atoms with Gasteiger partial charge in [0.1, 0.15) is 5.41 Å². The molecular weight excluding hydrogens is 152 g/mol. The van der Waals surface area contributed by atoms with Gasteiger partial charge in [0.2, 0.25) is 11.8 Å². The van der Waals surface area contributed by atoms with Gasteiger partial charge in [-0.25, -0.2) is 0 Å². The molecule has 0 atom stereocenters. The Morgan fingerprint density at radius 1 is 1.40 bits per heavy atom. The van der Waals surface area contributed by atoms with E-state index in [1.165, 1.54) is 6.92 Å². The number of nitrogens with two attached hydrogens (primary N) is 2. The van der Waals surface area contributed by atoms with Crippen molar-refractivity contribution in [1.82, 2.24) is 0 Å². The number of carbonyl (C=O) groups is 2. The van der Waals surface area contributed by atoms with Crippen molar-refractivity contribution in [2.45, 2.75) is 6.92 Å². The SMILES string of the molecule is CC(CS)(C(N)=O)C(N)=O. The molecule has 0 spiro atoms. The van der Waals surface area contributed by atoms with Crippen molar-refractivity contribution in [1.29, 1.82) is 0 Å². The summed E-state index contributed by atoms with van der Waals surface area (Å²) < 4.78 is 0. The van der Waals surface area contributed by atoms with Gasteiger partial charge in [-0.3, -0.25) is 9.59 Å². The maximum Gasteiger partial charge on any atom is 0.233 e. The minimum Gasteiger partial charge on any atom is -0.369 e. The van der Waals surface area contributed by atoms with Crippen molar-refractivity contribution in [2.75, 3.05) is 5.75 Å². The highest BCUT2D eigenvalue weighted by atomic mass is 32.1. The van der Waals surface area contributed by atoms with Crippen LogP contribution in [-0.4, -0.2) is 17.6 Å². The fourth-order valence-corrected chi connectivity index (χ4v) is 0.589. The fraction of sp³-hybridized carbons (Fsp3) is 0.600. The van der Waals surface area contributed by atoms with Crippen LogP contribution in [0.3, 0.4) is 0 Å². The van der Waals surface area contributed by atoms with E-state index in [1.807, 2.05) is 0 Å². The van der Waals surface area contributed by atoms with Crippen molar-refractivity contribution in [3.8, 4) is 0 Å². The zero-order valence-electron chi connectivity index (χ0n) is 5.63. The molecule has 0 unspecified atom stereocenters. The second-order valence-electron chi connectivity index (χ2n) is 2.22. The molecule has 58 valence electrons. The predicted molar refractivity (Wildman–Crippen MR) is 40.3 cm³/mol. The Balaban J connectivity index is 4.55. The lowest BCUT2D eigenvalue weighted by Crippen LogP contribution is -2.46. The molecule has 0 aromatic heterocycles. The van der Waals surface area contributed by atoms with E-state index in [2.05, 4.69) is 12.6 Å². The van der Waals surface area contributed by atoms with Gasteiger partial charge in [-0.05, 0) is 6.92 Å². The third-order valence-corrected chi connectivity index (χ3v) is 2.04. The molecule has 0 aliphatic rings. The second-order valence-corrected chi connectivity index (χ2v) is 2.53. The lowest BCUT2D eigenvalue weighted by molar-refractivity contribution is -0.136. The maximum atomic E-state index is 10.6. The standard InChI is InChI=1S/C5H10N2O2S/c1-5(2-10,3(6)8)4(7)9/h10H,2H2,1H3,(H2,6,8)(H2,7,9). The van der Waals surface area contributed by atoms with Crippen molar-refractivity contribution in [2.24, 2.45) is 16.9 Å². The Morgan fingerprint density at radius 2 is 1.70 bits per heavy atom. The normalized spacial score (nSPS) is 11.0. The van der Waals surface area contributed by atoms with Crippen molar-refractivity contribution < 1.29 is 9.59 Å². The van der Waals surface area contributed by atoms with Crippen LogP contribution in [0.15, 0.2) is 0 Å². The van der Waals surface area contributed by atoms with E-state index in [4.69, 9.17) is 11.5 Å². The molecule has 0 bridgehead atoms. The lowest BCUT2D eigenvalue weighted by atomic mass is 9.92. The average Bonchev–Trinajstić information content (AvgIpc) is 1.85. The highest BCUT2D eigenvalue weighted by Crippen LogP contribution is 2.15. The molecule has 0 radical (unpaired) electrons. The van der Waals surface area contributed by atoms with Crippen LogP contribution in [0.2, 0.25) is 0 Å². The van der Waals surface area contributed by atoms with Gasteiger partial charge in [-0.1, -0.05) is 0 Å². The number of hydrogen-bond donors (Lipinski definition) is 3. The summed E-state index contributed by atoms with van der Waals surface area (Å²) >= 11 is 3.78. The average molecular weight is 162 g/mol. The fourth-order valence-electron chi connectivity index (χ4n) is 0.277. The Kier molecular flexibility index (Phi) is 2.71. The van der Waals surface area contributed by atoms with Gasteiger partial charge < -0.3 is 11.5 Å². The largest absolute Gasteiger partial charge is 0.369 e. The molecule has 10 heavy (non-hydrogen) atoms. The van der Waals surface area contributed by atoms with Gasteiger partial charge in [-0.15, -0.1) is 0 Å². The van der Waals surface area contributed by atoms with E-state index in [0.29, 0.717) is 0 Å². The van der Waals surface area contributed by atoms with E-state index in [9.17, 15) is 9.59 Å². The third kappa shape index (κ3) is 1.41. The first-order valence-electron chi connectivity index (χ1n) is 2.66. The van der Waals surface area contributed by atoms with E-state index < -0.39 is 17.2 Å². The summed E-state index contributed by atoms with van der Waals surface area (Å²) in [6.45, 7) is 1.37. The lowest BCUT2D eigenvalue weighted by Gasteiger charge is -2.18. The van der Waals surface area contributed by atoms with Gasteiger partial charge in [0, 0.05) is 5.75 Å². The van der Waals surface area contributed by atoms with Crippen molar-refractivity contribution in [3.05, 3.63) is 0 Å². The Hall–Kier alpha value is -0.710. The highest BCUT2D eigenvalue weighted by molar-refractivity contribution is 7.80. The van der Waals surface area contributed by atoms with Gasteiger partial charge in [0.15, 0.2) is 0 Å². The van der Waals surface area contributed by atoms with Crippen LogP contribution in [0.25, 0.3) is 0 Å². The van der Waals surface area contributed by atoms with Crippen LogP contribution < -0.4 is 11.5 Å². The van der Waals surface area contributed by atoms with E-state index >= 15 is 0 Å². The molecule has 0 saturated heterocycles. The van der Waals surface area contributed by atoms with Crippen LogP contribution in [0.5, 0.6) is 0 Å². The first kappa shape index (κ1) is 9.29. The van der Waals surface area contributed by atoms with Crippen LogP contribution in [-0.2, 0) is 9.59 Å². The Labute approximate surface area is 64.4 Å². The third-order valence-electron chi connectivity index (χ3n) is 1.40. The summed E-state index contributed by atoms with van der Waals surface area (Å²) in [6.07, 6.45) is 0. The predicted octanol–water partition coefficient (Wildman–Crippen LogP) is -1.11. The molecule has 2 amide bonds. The number of rotatable bonds is 3. The van der Waals surface area contributed by atoms with Crippen LogP contribution in [0.1, 0.15) is 6.92 Å². The topological polar surface area (TPSA) is 86.2 Å². The Bertz CT molecular complexity index is 155. The molecule has 0 aliphatic carbocycles. The molecule has 0 aliphatic heterocycles. The molecule has 0 saturated carbocycles. The van der Waals surface area contributed by atoms with Gasteiger partial charge in [0.25, 0.3) is 0 Å². The van der Waals surface area contributed by atoms with Gasteiger partial charge in [-0.2, -0.15) is 12.6 Å². The molecule has 0 fully saturated rings. The van der Waals surface area contributed by atoms with E-state index in [-0.39, 0.29) is 5.75 Å². The van der Waals surface area contributed by atoms with Crippen molar-refractivity contribution in [3.63, 3.8) is 0 Å². The van der Waals surface area contributed by atoms with E-state index in [0.717, 1.165) is 0 Å². The number of hydrogen-bond acceptors (Lipinski definition) is 3. The molecular formula is C5H10N2O2S. The van der Waals surface area contributed by atoms with Crippen LogP contribution in [0.4, 0.5) is 0 Å². The van der Waals surface area contributed by atoms with Gasteiger partial charge in [0.05, 0.1) is 0 Å². The number of amides is 2. The zero-order chi connectivity index (χ0) is 8.36. The minimum absolute atomic E-state index is 0.0394. The number of thiol groups is 1. The molecule has 0 aromatic carbocycles. The van der Waals surface area contributed by atoms with Crippen molar-refractivity contribution >= 4 is 24.4 Å². The molecule has 0 heterocycles. The summed E-state index contributed by atoms with van der Waals surface area (Å²) in [5.41, 5.74) is 8.47. The van der Waals surface area contributed by atoms with E-state index in [1.54, 1.807) is 0 Å². The smallest absolute Gasteiger partial charge is 0.233 e. The first-order chi connectivity index (χ1) is 4.45. The molecule has 5 heteroatoms. The maximum absolute atomic E-state index is 10.6. The quantitative estimate of drug-likeness (QED) is 0.363. The van der Waals surface area contributed by atoms with Gasteiger partial charge >= 0.3 is 0 Å². The summed E-state index contributed by atoms with van der Waals surface area (Å²) in [4.78, 5) is 21.1. The Morgan fingerprint density at radius 3 is 1.70 bits per heavy atom. The first-order valence-corrected chi connectivity index (χ1v) is 3.29. The number of primary amides is 2. The highest BCUT2D eigenvalue weighted by Gasteiger charge is 2.35. The zero-order valence-corrected chi connectivity index (χ0v) is 6.52. The van der Waals surface area contributed by atoms with Crippen LogP contribution >= 0.6 is 12.6 Å². The second kappa shape index (κ2) is 2.92. The monoisotopic (exact) mass is 162 g/mol. The summed E-state index contributed by atoms with van der Waals surface area (Å²) in [7, 11) is 0. The summed E-state index contributed by atoms with van der Waals surface area (Å²) in [6, 6.07) is 0. The minimum atomic E-state index is -1.32. The molecule has 4 nitrogen and oxygen atoms in total. The summed E-state index contributed by atoms with van der Waals surface area (Å²) in [5, 5.41) is 0. The molecule has 0 aromatic rings. The van der Waals surface area contributed by atoms with Crippen LogP contribution in [0, 0.1) is 5.41 Å². The number of carbonyl (C=O) groups excluding carboxylic acids is 2. The summed E-state index contributed by atoms with van der Waals surface area (Å²) in [5.74, 6) is -1.44. The molecule has 0 rings (SSSR count). The molecule has 4 N–H and O–H groups in total.